The summed E-state index contributed by atoms with van der Waals surface area (Å²) in [6.45, 7) is 15.3. The largest absolute Gasteiger partial charge is 0.376 e. The van der Waals surface area contributed by atoms with Crippen LogP contribution in [0.5, 0.6) is 0 Å². The zero-order valence-corrected chi connectivity index (χ0v) is 23.9. The van der Waals surface area contributed by atoms with Gasteiger partial charge in [-0.05, 0) is 77.5 Å². The second kappa shape index (κ2) is 10.9. The van der Waals surface area contributed by atoms with Crippen molar-refractivity contribution in [2.75, 3.05) is 37.7 Å². The van der Waals surface area contributed by atoms with E-state index in [-0.39, 0.29) is 11.5 Å². The van der Waals surface area contributed by atoms with E-state index in [0.717, 1.165) is 55.0 Å². The molecule has 1 aliphatic carbocycles. The van der Waals surface area contributed by atoms with Crippen LogP contribution < -0.4 is 10.5 Å². The van der Waals surface area contributed by atoms with Crippen molar-refractivity contribution in [1.82, 2.24) is 14.8 Å². The highest BCUT2D eigenvalue weighted by Gasteiger charge is 2.37. The predicted molar refractivity (Wildman–Crippen MR) is 150 cm³/mol. The molecule has 0 spiro atoms. The molecule has 5 rings (SSSR count). The van der Waals surface area contributed by atoms with Gasteiger partial charge in [-0.1, -0.05) is 0 Å². The summed E-state index contributed by atoms with van der Waals surface area (Å²) in [5.74, 6) is 0.0713. The molecule has 2 aliphatic heterocycles. The minimum Gasteiger partial charge on any atom is -0.376 e. The van der Waals surface area contributed by atoms with Crippen LogP contribution >= 0.6 is 11.3 Å². The Kier molecular flexibility index (Phi) is 7.80. The SMILES string of the molecule is CCOC1CN(C2CCC(N(CC)c3sc4c(c3C)C(=O)N(Cc3c(C)cc(C)[nH]c3=O)CC4)CC2)C1. The standard InChI is InChI=1S/C29H42N4O3S/c1-6-33(22-10-8-21(9-11-22)32-15-23(16-32)36-7-2)29-20(5)26-25(37-29)12-13-31(28(26)35)17-24-18(3)14-19(4)30-27(24)34/h14,21-23H,6-13,15-17H2,1-5H3,(H,30,34). The third kappa shape index (κ3) is 5.12. The second-order valence-corrected chi connectivity index (χ2v) is 12.1. The number of hydrogen-bond acceptors (Lipinski definition) is 6. The Morgan fingerprint density at radius 3 is 2.49 bits per heavy atom. The molecular formula is C29H42N4O3S. The Morgan fingerprint density at radius 1 is 1.11 bits per heavy atom. The summed E-state index contributed by atoms with van der Waals surface area (Å²) >= 11 is 1.82. The molecule has 0 aromatic carbocycles. The van der Waals surface area contributed by atoms with Gasteiger partial charge in [-0.25, -0.2) is 0 Å². The van der Waals surface area contributed by atoms with Gasteiger partial charge in [0, 0.05) is 67.4 Å². The van der Waals surface area contributed by atoms with E-state index in [1.54, 1.807) is 0 Å². The fourth-order valence-corrected chi connectivity index (χ4v) is 8.04. The van der Waals surface area contributed by atoms with Crippen molar-refractivity contribution < 1.29 is 9.53 Å². The van der Waals surface area contributed by atoms with Gasteiger partial charge in [0.1, 0.15) is 0 Å². The lowest BCUT2D eigenvalue weighted by atomic mass is 9.87. The summed E-state index contributed by atoms with van der Waals surface area (Å²) in [7, 11) is 0. The molecule has 0 atom stereocenters. The number of thiophene rings is 1. The maximum atomic E-state index is 13.6. The van der Waals surface area contributed by atoms with E-state index < -0.39 is 0 Å². The quantitative estimate of drug-likeness (QED) is 0.552. The van der Waals surface area contributed by atoms with Crippen molar-refractivity contribution in [3.05, 3.63) is 49.2 Å². The molecule has 37 heavy (non-hydrogen) atoms. The molecule has 0 bridgehead atoms. The summed E-state index contributed by atoms with van der Waals surface area (Å²) in [5.41, 5.74) is 4.40. The van der Waals surface area contributed by atoms with E-state index in [4.69, 9.17) is 4.74 Å². The number of rotatable bonds is 8. The molecule has 7 nitrogen and oxygen atoms in total. The van der Waals surface area contributed by atoms with Crippen molar-refractivity contribution in [3.8, 4) is 0 Å². The first kappa shape index (κ1) is 26.4. The molecule has 3 aliphatic rings. The molecule has 1 N–H and O–H groups in total. The Morgan fingerprint density at radius 2 is 1.84 bits per heavy atom. The number of H-pyrrole nitrogens is 1. The van der Waals surface area contributed by atoms with Gasteiger partial charge < -0.3 is 19.5 Å². The highest BCUT2D eigenvalue weighted by molar-refractivity contribution is 7.16. The van der Waals surface area contributed by atoms with E-state index in [0.29, 0.717) is 36.8 Å². The van der Waals surface area contributed by atoms with Crippen LogP contribution in [-0.2, 0) is 17.7 Å². The minimum atomic E-state index is -0.0850. The van der Waals surface area contributed by atoms with Gasteiger partial charge in [0.15, 0.2) is 0 Å². The summed E-state index contributed by atoms with van der Waals surface area (Å²) in [6.07, 6.45) is 6.16. The van der Waals surface area contributed by atoms with Crippen molar-refractivity contribution >= 4 is 22.2 Å². The maximum absolute atomic E-state index is 13.6. The molecule has 1 saturated heterocycles. The van der Waals surface area contributed by atoms with Gasteiger partial charge in [-0.3, -0.25) is 14.5 Å². The monoisotopic (exact) mass is 526 g/mol. The van der Waals surface area contributed by atoms with Gasteiger partial charge in [0.05, 0.1) is 23.2 Å². The first-order valence-electron chi connectivity index (χ1n) is 14.0. The number of amides is 1. The van der Waals surface area contributed by atoms with Crippen molar-refractivity contribution in [2.45, 2.75) is 91.5 Å². The summed E-state index contributed by atoms with van der Waals surface area (Å²) in [5, 5.41) is 1.27. The van der Waals surface area contributed by atoms with Gasteiger partial charge in [-0.2, -0.15) is 0 Å². The number of aromatic amines is 1. The molecule has 4 heterocycles. The predicted octanol–water partition coefficient (Wildman–Crippen LogP) is 4.42. The summed E-state index contributed by atoms with van der Waals surface area (Å²) < 4.78 is 5.76. The number of ether oxygens (including phenoxy) is 1. The number of carbonyl (C=O) groups is 1. The Labute approximate surface area is 224 Å². The van der Waals surface area contributed by atoms with Crippen LogP contribution in [0, 0.1) is 20.8 Å². The zero-order valence-electron chi connectivity index (χ0n) is 23.1. The van der Waals surface area contributed by atoms with Gasteiger partial charge in [0.25, 0.3) is 11.5 Å². The average Bonchev–Trinajstić information content (AvgIpc) is 3.17. The number of aryl methyl sites for hydroxylation is 2. The first-order valence-corrected chi connectivity index (χ1v) is 14.9. The van der Waals surface area contributed by atoms with Crippen molar-refractivity contribution in [2.24, 2.45) is 0 Å². The lowest BCUT2D eigenvalue weighted by Gasteiger charge is -2.47. The van der Waals surface area contributed by atoms with E-state index in [9.17, 15) is 9.59 Å². The third-order valence-electron chi connectivity index (χ3n) is 8.65. The molecule has 202 valence electrons. The molecule has 0 unspecified atom stereocenters. The summed E-state index contributed by atoms with van der Waals surface area (Å²) in [4.78, 5) is 37.4. The van der Waals surface area contributed by atoms with Crippen LogP contribution in [0.15, 0.2) is 10.9 Å². The molecule has 2 aromatic rings. The summed E-state index contributed by atoms with van der Waals surface area (Å²) in [6, 6.07) is 3.20. The van der Waals surface area contributed by atoms with Crippen LogP contribution in [0.4, 0.5) is 5.00 Å². The Hall–Kier alpha value is -2.16. The van der Waals surface area contributed by atoms with Crippen LogP contribution in [0.1, 0.15) is 77.2 Å². The fourth-order valence-electron chi connectivity index (χ4n) is 6.62. The molecule has 2 aromatic heterocycles. The number of nitrogens with zero attached hydrogens (tertiary/aromatic N) is 3. The zero-order chi connectivity index (χ0) is 26.3. The molecule has 2 fully saturated rings. The average molecular weight is 527 g/mol. The number of hydrogen-bond donors (Lipinski definition) is 1. The number of pyridine rings is 1. The molecule has 8 heteroatoms. The van der Waals surface area contributed by atoms with Gasteiger partial charge in [0.2, 0.25) is 0 Å². The van der Waals surface area contributed by atoms with Crippen LogP contribution in [-0.4, -0.2) is 71.7 Å². The number of likely N-dealkylation sites (tertiary alicyclic amines) is 1. The van der Waals surface area contributed by atoms with Crippen LogP contribution in [0.3, 0.4) is 0 Å². The van der Waals surface area contributed by atoms with E-state index in [1.807, 2.05) is 36.2 Å². The van der Waals surface area contributed by atoms with Crippen LogP contribution in [0.25, 0.3) is 0 Å². The van der Waals surface area contributed by atoms with Crippen LogP contribution in [0.2, 0.25) is 0 Å². The number of anilines is 1. The van der Waals surface area contributed by atoms with E-state index in [2.05, 4.69) is 35.6 Å². The lowest BCUT2D eigenvalue weighted by molar-refractivity contribution is -0.0738. The van der Waals surface area contributed by atoms with Crippen molar-refractivity contribution in [3.63, 3.8) is 0 Å². The molecule has 1 amide bonds. The number of nitrogens with one attached hydrogen (secondary N) is 1. The lowest BCUT2D eigenvalue weighted by Crippen LogP contribution is -2.57. The Bertz CT molecular complexity index is 1190. The minimum absolute atomic E-state index is 0.0713. The van der Waals surface area contributed by atoms with Crippen molar-refractivity contribution in [1.29, 1.82) is 0 Å². The van der Waals surface area contributed by atoms with E-state index >= 15 is 0 Å². The smallest absolute Gasteiger partial charge is 0.255 e. The maximum Gasteiger partial charge on any atom is 0.255 e. The molecule has 1 saturated carbocycles. The third-order valence-corrected chi connectivity index (χ3v) is 10.0. The highest BCUT2D eigenvalue weighted by atomic mass is 32.1. The second-order valence-electron chi connectivity index (χ2n) is 11.0. The fraction of sp³-hybridized carbons (Fsp3) is 0.655. The highest BCUT2D eigenvalue weighted by Crippen LogP contribution is 2.42. The van der Waals surface area contributed by atoms with Gasteiger partial charge in [-0.15, -0.1) is 11.3 Å². The van der Waals surface area contributed by atoms with Gasteiger partial charge >= 0.3 is 0 Å². The number of carbonyl (C=O) groups excluding carboxylic acids is 1. The topological polar surface area (TPSA) is 68.9 Å². The first-order chi connectivity index (χ1) is 17.8. The number of aromatic nitrogens is 1. The Balaban J connectivity index is 1.27. The molecular weight excluding hydrogens is 484 g/mol. The normalized spacial score (nSPS) is 22.7. The van der Waals surface area contributed by atoms with E-state index in [1.165, 1.54) is 35.6 Å². The number of fused-ring (bicyclic) bond motifs is 1. The molecule has 0 radical (unpaired) electrons.